The fraction of sp³-hybridized carbons (Fsp3) is 0.207. The van der Waals surface area contributed by atoms with Crippen molar-refractivity contribution < 1.29 is 14.3 Å². The standard InChI is InChI=1S/C29H28N4O3/c1-36-23-12-10-21(11-13-23)27-18-25(24-4-2-3-5-26(24)31-27)29(35)33-16-14-32(15-17-33)19-20-6-8-22(9-7-20)28(30)34/h2-13,18H,14-17,19H2,1H3,(H2,30,34). The Labute approximate surface area is 210 Å². The summed E-state index contributed by atoms with van der Waals surface area (Å²) < 4.78 is 5.27. The van der Waals surface area contributed by atoms with Crippen molar-refractivity contribution in [3.8, 4) is 17.0 Å². The first-order chi connectivity index (χ1) is 17.5. The number of para-hydroxylation sites is 1. The smallest absolute Gasteiger partial charge is 0.254 e. The van der Waals surface area contributed by atoms with Gasteiger partial charge in [-0.05, 0) is 54.1 Å². The molecule has 5 rings (SSSR count). The molecule has 182 valence electrons. The van der Waals surface area contributed by atoms with Gasteiger partial charge in [0.25, 0.3) is 5.91 Å². The first-order valence-corrected chi connectivity index (χ1v) is 12.0. The maximum absolute atomic E-state index is 13.7. The summed E-state index contributed by atoms with van der Waals surface area (Å²) in [6, 6.07) is 24.8. The second-order valence-electron chi connectivity index (χ2n) is 8.93. The van der Waals surface area contributed by atoms with Crippen LogP contribution in [0.25, 0.3) is 22.2 Å². The second kappa shape index (κ2) is 10.2. The molecule has 1 saturated heterocycles. The van der Waals surface area contributed by atoms with Crippen molar-refractivity contribution >= 4 is 22.7 Å². The number of methoxy groups -OCH3 is 1. The highest BCUT2D eigenvalue weighted by atomic mass is 16.5. The fourth-order valence-corrected chi connectivity index (χ4v) is 4.57. The van der Waals surface area contributed by atoms with E-state index < -0.39 is 5.91 Å². The van der Waals surface area contributed by atoms with E-state index in [2.05, 4.69) is 4.90 Å². The van der Waals surface area contributed by atoms with E-state index >= 15 is 0 Å². The SMILES string of the molecule is COc1ccc(-c2cc(C(=O)N3CCN(Cc4ccc(C(N)=O)cc4)CC3)c3ccccc3n2)cc1. The zero-order chi connectivity index (χ0) is 25.1. The van der Waals surface area contributed by atoms with Gasteiger partial charge in [0, 0.05) is 49.2 Å². The zero-order valence-corrected chi connectivity index (χ0v) is 20.2. The number of hydrogen-bond donors (Lipinski definition) is 1. The van der Waals surface area contributed by atoms with Crippen molar-refractivity contribution in [2.24, 2.45) is 5.73 Å². The van der Waals surface area contributed by atoms with Gasteiger partial charge in [0.2, 0.25) is 5.91 Å². The van der Waals surface area contributed by atoms with Gasteiger partial charge >= 0.3 is 0 Å². The van der Waals surface area contributed by atoms with Gasteiger partial charge in [-0.15, -0.1) is 0 Å². The summed E-state index contributed by atoms with van der Waals surface area (Å²) in [5.74, 6) is 0.374. The Hall–Kier alpha value is -4.23. The molecule has 0 atom stereocenters. The maximum Gasteiger partial charge on any atom is 0.254 e. The topological polar surface area (TPSA) is 88.8 Å². The van der Waals surface area contributed by atoms with Crippen LogP contribution in [0.4, 0.5) is 0 Å². The molecule has 1 fully saturated rings. The maximum atomic E-state index is 13.7. The van der Waals surface area contributed by atoms with Gasteiger partial charge in [-0.25, -0.2) is 4.98 Å². The number of aromatic nitrogens is 1. The zero-order valence-electron chi connectivity index (χ0n) is 20.2. The number of amides is 2. The number of carbonyl (C=O) groups excluding carboxylic acids is 2. The van der Waals surface area contributed by atoms with Crippen molar-refractivity contribution in [2.75, 3.05) is 33.3 Å². The minimum absolute atomic E-state index is 0.0221. The summed E-state index contributed by atoms with van der Waals surface area (Å²) in [5, 5.41) is 0.858. The van der Waals surface area contributed by atoms with Crippen molar-refractivity contribution in [1.82, 2.24) is 14.8 Å². The van der Waals surface area contributed by atoms with Gasteiger partial charge in [-0.3, -0.25) is 14.5 Å². The minimum atomic E-state index is -0.424. The highest BCUT2D eigenvalue weighted by Gasteiger charge is 2.24. The quantitative estimate of drug-likeness (QED) is 0.451. The Kier molecular flexibility index (Phi) is 6.64. The number of hydrogen-bond acceptors (Lipinski definition) is 5. The molecule has 0 bridgehead atoms. The Balaban J connectivity index is 1.33. The van der Waals surface area contributed by atoms with E-state index in [9.17, 15) is 9.59 Å². The Morgan fingerprint density at radius 2 is 1.61 bits per heavy atom. The van der Waals surface area contributed by atoms with Crippen molar-refractivity contribution in [1.29, 1.82) is 0 Å². The summed E-state index contributed by atoms with van der Waals surface area (Å²) in [5.41, 5.74) is 10.1. The summed E-state index contributed by atoms with van der Waals surface area (Å²) in [7, 11) is 1.64. The van der Waals surface area contributed by atoms with Crippen LogP contribution in [0.15, 0.2) is 78.9 Å². The molecule has 1 aromatic heterocycles. The third-order valence-electron chi connectivity index (χ3n) is 6.64. The van der Waals surface area contributed by atoms with E-state index in [0.717, 1.165) is 53.1 Å². The van der Waals surface area contributed by atoms with Crippen LogP contribution in [0.1, 0.15) is 26.3 Å². The number of nitrogens with two attached hydrogens (primary N) is 1. The molecule has 0 radical (unpaired) electrons. The number of carbonyl (C=O) groups is 2. The number of pyridine rings is 1. The molecule has 0 aliphatic carbocycles. The third kappa shape index (κ3) is 4.92. The summed E-state index contributed by atoms with van der Waals surface area (Å²) in [6.45, 7) is 3.61. The molecule has 4 aromatic rings. The van der Waals surface area contributed by atoms with Gasteiger partial charge < -0.3 is 15.4 Å². The van der Waals surface area contributed by atoms with Gasteiger partial charge in [0.15, 0.2) is 0 Å². The highest BCUT2D eigenvalue weighted by molar-refractivity contribution is 6.07. The predicted octanol–water partition coefficient (Wildman–Crippen LogP) is 3.97. The molecular weight excluding hydrogens is 452 g/mol. The molecule has 2 N–H and O–H groups in total. The number of ether oxygens (including phenoxy) is 1. The molecule has 7 nitrogen and oxygen atoms in total. The predicted molar refractivity (Wildman–Crippen MR) is 140 cm³/mol. The summed E-state index contributed by atoms with van der Waals surface area (Å²) >= 11 is 0. The normalized spacial score (nSPS) is 14.1. The monoisotopic (exact) mass is 480 g/mol. The fourth-order valence-electron chi connectivity index (χ4n) is 4.57. The third-order valence-corrected chi connectivity index (χ3v) is 6.64. The average molecular weight is 481 g/mol. The van der Waals surface area contributed by atoms with Crippen LogP contribution in [0.3, 0.4) is 0 Å². The van der Waals surface area contributed by atoms with Crippen LogP contribution < -0.4 is 10.5 Å². The van der Waals surface area contributed by atoms with E-state index in [-0.39, 0.29) is 5.91 Å². The number of primary amides is 1. The van der Waals surface area contributed by atoms with Crippen molar-refractivity contribution in [3.05, 3.63) is 95.6 Å². The van der Waals surface area contributed by atoms with Crippen molar-refractivity contribution in [3.63, 3.8) is 0 Å². The van der Waals surface area contributed by atoms with Crippen molar-refractivity contribution in [2.45, 2.75) is 6.54 Å². The Morgan fingerprint density at radius 3 is 2.28 bits per heavy atom. The van der Waals surface area contributed by atoms with Crippen LogP contribution in [-0.4, -0.2) is 59.9 Å². The Morgan fingerprint density at radius 1 is 0.917 bits per heavy atom. The lowest BCUT2D eigenvalue weighted by molar-refractivity contribution is 0.0630. The van der Waals surface area contributed by atoms with E-state index in [1.807, 2.05) is 71.6 Å². The van der Waals surface area contributed by atoms with Gasteiger partial charge in [-0.1, -0.05) is 30.3 Å². The average Bonchev–Trinajstić information content (AvgIpc) is 2.93. The summed E-state index contributed by atoms with van der Waals surface area (Å²) in [6.07, 6.45) is 0. The first kappa shape index (κ1) is 23.5. The lowest BCUT2D eigenvalue weighted by atomic mass is 10.0. The molecule has 2 heterocycles. The van der Waals surface area contributed by atoms with Gasteiger partial charge in [0.05, 0.1) is 23.9 Å². The molecular formula is C29H28N4O3. The number of rotatable bonds is 6. The highest BCUT2D eigenvalue weighted by Crippen LogP contribution is 2.27. The molecule has 2 amide bonds. The number of nitrogens with zero attached hydrogens (tertiary/aromatic N) is 3. The van der Waals surface area contributed by atoms with Gasteiger partial charge in [0.1, 0.15) is 5.75 Å². The van der Waals surface area contributed by atoms with Crippen LogP contribution in [0.5, 0.6) is 5.75 Å². The number of benzene rings is 3. The number of fused-ring (bicyclic) bond motifs is 1. The van der Waals surface area contributed by atoms with E-state index in [4.69, 9.17) is 15.5 Å². The van der Waals surface area contributed by atoms with Crippen LogP contribution in [0, 0.1) is 0 Å². The number of piperazine rings is 1. The lowest BCUT2D eigenvalue weighted by Crippen LogP contribution is -2.48. The molecule has 0 spiro atoms. The van der Waals surface area contributed by atoms with E-state index in [1.54, 1.807) is 19.2 Å². The Bertz CT molecular complexity index is 1390. The van der Waals surface area contributed by atoms with Gasteiger partial charge in [-0.2, -0.15) is 0 Å². The largest absolute Gasteiger partial charge is 0.497 e. The molecule has 7 heteroatoms. The summed E-state index contributed by atoms with van der Waals surface area (Å²) in [4.78, 5) is 34.0. The minimum Gasteiger partial charge on any atom is -0.497 e. The molecule has 0 unspecified atom stereocenters. The molecule has 1 aliphatic rings. The lowest BCUT2D eigenvalue weighted by Gasteiger charge is -2.35. The van der Waals surface area contributed by atoms with E-state index in [0.29, 0.717) is 24.2 Å². The van der Waals surface area contributed by atoms with Crippen LogP contribution in [0.2, 0.25) is 0 Å². The molecule has 3 aromatic carbocycles. The first-order valence-electron chi connectivity index (χ1n) is 12.0. The molecule has 36 heavy (non-hydrogen) atoms. The van der Waals surface area contributed by atoms with Crippen LogP contribution >= 0.6 is 0 Å². The second-order valence-corrected chi connectivity index (χ2v) is 8.93. The molecule has 0 saturated carbocycles. The molecule has 1 aliphatic heterocycles. The van der Waals surface area contributed by atoms with E-state index in [1.165, 1.54) is 0 Å². The van der Waals surface area contributed by atoms with Crippen LogP contribution in [-0.2, 0) is 6.54 Å².